The van der Waals surface area contributed by atoms with Crippen molar-refractivity contribution in [2.24, 2.45) is 0 Å². The van der Waals surface area contributed by atoms with Crippen LogP contribution >= 0.6 is 0 Å². The van der Waals surface area contributed by atoms with Gasteiger partial charge in [0, 0.05) is 12.7 Å². The average Bonchev–Trinajstić information content (AvgIpc) is 3.37. The van der Waals surface area contributed by atoms with Crippen LogP contribution in [0.3, 0.4) is 0 Å². The summed E-state index contributed by atoms with van der Waals surface area (Å²) in [5, 5.41) is 0. The third-order valence-electron chi connectivity index (χ3n) is 11.0. The number of benzene rings is 5. The van der Waals surface area contributed by atoms with Gasteiger partial charge in [0.05, 0.1) is 42.1 Å². The lowest BCUT2D eigenvalue weighted by Gasteiger charge is -2.49. The van der Waals surface area contributed by atoms with Crippen LogP contribution in [0.4, 0.5) is 0 Å². The Morgan fingerprint density at radius 3 is 1.44 bits per heavy atom. The fraction of sp³-hybridized carbons (Fsp3) is 0.294. The molecule has 15 nitrogen and oxygen atoms in total. The van der Waals surface area contributed by atoms with Gasteiger partial charge in [0.25, 0.3) is 0 Å². The number of hydrogen-bond donors (Lipinski definition) is 0. The molecule has 3 heterocycles. The van der Waals surface area contributed by atoms with Gasteiger partial charge in [-0.05, 0) is 48.5 Å². The fourth-order valence-corrected chi connectivity index (χ4v) is 7.81. The molecular weight excluding hydrogens is 853 g/mol. The van der Waals surface area contributed by atoms with Gasteiger partial charge in [0.1, 0.15) is 24.4 Å². The number of fused-ring (bicyclic) bond motifs is 1. The molecule has 0 aromatic heterocycles. The van der Waals surface area contributed by atoms with Crippen LogP contribution in [0.5, 0.6) is 0 Å². The molecule has 5 aromatic rings. The van der Waals surface area contributed by atoms with E-state index in [1.54, 1.807) is 127 Å². The normalized spacial score (nSPS) is 27.0. The number of carbonyl (C=O) groups excluding carboxylic acids is 4. The highest BCUT2D eigenvalue weighted by atomic mass is 16.8. The number of hydrogen-bond acceptors (Lipinski definition) is 15. The van der Waals surface area contributed by atoms with Gasteiger partial charge in [0.2, 0.25) is 0 Å². The number of methoxy groups -OCH3 is 1. The molecule has 3 fully saturated rings. The second kappa shape index (κ2) is 22.1. The van der Waals surface area contributed by atoms with Crippen molar-refractivity contribution in [3.05, 3.63) is 192 Å². The highest BCUT2D eigenvalue weighted by Gasteiger charge is 2.56. The zero-order valence-electron chi connectivity index (χ0n) is 35.8. The minimum absolute atomic E-state index is 0.0341. The highest BCUT2D eigenvalue weighted by Crippen LogP contribution is 2.38. The van der Waals surface area contributed by atoms with Gasteiger partial charge in [0.15, 0.2) is 43.3 Å². The molecule has 3 saturated heterocycles. The summed E-state index contributed by atoms with van der Waals surface area (Å²) < 4.78 is 68.8. The SMILES string of the molecule is C=CCO[C@H]1[C@H]2OC(c3ccccc3)OC[C@H]2O[C@@H](OC[C@H]2O[C@H](OC)[C@@H](OC(=O)c3ccccc3)[C@@H](OC(=O)c3ccccc3)[C@@H]2OC(=O)c2ccccc2)[C@@H]1OC(=O)c1ccccc1. The van der Waals surface area contributed by atoms with Crippen molar-refractivity contribution in [3.8, 4) is 0 Å². The Hall–Kier alpha value is -6.56. The van der Waals surface area contributed by atoms with E-state index in [0.29, 0.717) is 0 Å². The van der Waals surface area contributed by atoms with Gasteiger partial charge < -0.3 is 52.1 Å². The molecule has 0 radical (unpaired) electrons. The summed E-state index contributed by atoms with van der Waals surface area (Å²) in [6.07, 6.45) is -11.8. The van der Waals surface area contributed by atoms with Crippen LogP contribution in [-0.2, 0) is 52.1 Å². The Kier molecular flexibility index (Phi) is 15.4. The van der Waals surface area contributed by atoms with Crippen LogP contribution in [0.25, 0.3) is 0 Å². The fourth-order valence-electron chi connectivity index (χ4n) is 7.81. The molecule has 1 unspecified atom stereocenters. The summed E-state index contributed by atoms with van der Waals surface area (Å²) in [5.41, 5.74) is 1.52. The zero-order valence-corrected chi connectivity index (χ0v) is 35.8. The summed E-state index contributed by atoms with van der Waals surface area (Å²) >= 11 is 0. The Labute approximate surface area is 381 Å². The van der Waals surface area contributed by atoms with E-state index >= 15 is 0 Å². The van der Waals surface area contributed by atoms with E-state index < -0.39 is 98.2 Å². The third-order valence-corrected chi connectivity index (χ3v) is 11.0. The number of esters is 4. The van der Waals surface area contributed by atoms with E-state index in [9.17, 15) is 19.2 Å². The summed E-state index contributed by atoms with van der Waals surface area (Å²) in [6.45, 7) is 3.43. The smallest absolute Gasteiger partial charge is 0.338 e. The first-order valence-corrected chi connectivity index (χ1v) is 21.3. The van der Waals surface area contributed by atoms with Gasteiger partial charge in [-0.2, -0.15) is 0 Å². The predicted octanol–water partition coefficient (Wildman–Crippen LogP) is 6.69. The van der Waals surface area contributed by atoms with Crippen LogP contribution < -0.4 is 0 Å². The van der Waals surface area contributed by atoms with Crippen LogP contribution in [0.1, 0.15) is 53.3 Å². The molecule has 0 N–H and O–H groups in total. The average molecular weight is 901 g/mol. The lowest BCUT2D eigenvalue weighted by Crippen LogP contribution is -2.65. The Balaban J connectivity index is 1.14. The second-order valence-corrected chi connectivity index (χ2v) is 15.4. The van der Waals surface area contributed by atoms with Crippen molar-refractivity contribution >= 4 is 23.9 Å². The topological polar surface area (TPSA) is 170 Å². The summed E-state index contributed by atoms with van der Waals surface area (Å²) in [7, 11) is 1.31. The van der Waals surface area contributed by atoms with E-state index in [2.05, 4.69) is 6.58 Å². The molecule has 11 atom stereocenters. The van der Waals surface area contributed by atoms with Crippen molar-refractivity contribution in [2.45, 2.75) is 67.7 Å². The largest absolute Gasteiger partial charge is 0.452 e. The van der Waals surface area contributed by atoms with Crippen molar-refractivity contribution in [3.63, 3.8) is 0 Å². The van der Waals surface area contributed by atoms with E-state index in [1.807, 2.05) is 30.3 Å². The molecule has 342 valence electrons. The Morgan fingerprint density at radius 2 is 0.970 bits per heavy atom. The Morgan fingerprint density at radius 1 is 0.530 bits per heavy atom. The first-order chi connectivity index (χ1) is 32.3. The van der Waals surface area contributed by atoms with E-state index in [0.717, 1.165) is 5.56 Å². The van der Waals surface area contributed by atoms with Crippen LogP contribution in [0, 0.1) is 0 Å². The van der Waals surface area contributed by atoms with Gasteiger partial charge in [-0.3, -0.25) is 0 Å². The van der Waals surface area contributed by atoms with Gasteiger partial charge in [-0.15, -0.1) is 6.58 Å². The molecule has 3 aliphatic heterocycles. The monoisotopic (exact) mass is 900 g/mol. The summed E-state index contributed by atoms with van der Waals surface area (Å²) in [4.78, 5) is 55.4. The summed E-state index contributed by atoms with van der Waals surface area (Å²) in [5.74, 6) is -3.12. The first kappa shape index (κ1) is 46.0. The number of ether oxygens (including phenoxy) is 11. The lowest BCUT2D eigenvalue weighted by molar-refractivity contribution is -0.370. The molecule has 0 saturated carbocycles. The zero-order chi connectivity index (χ0) is 45.8. The van der Waals surface area contributed by atoms with Crippen LogP contribution in [-0.4, -0.2) is 112 Å². The standard InChI is InChI=1S/C51H48O15/c1-3-29-57-41-39-37(30-58-49(66-39)36-27-17-8-18-28-36)61-51(43(41)64-47(54)34-23-13-6-14-24-34)59-31-38-40(62-45(52)32-19-9-4-10-20-32)42(63-46(53)33-21-11-5-12-22-33)44(50(56-2)60-38)65-48(55)35-25-15-7-16-26-35/h3-28,37-44,49-51H,1,29-31H2,2H3/t37-,38-,39+,40-,41+,42+,43-,44+,49?,50+,51-/m1/s1. The van der Waals surface area contributed by atoms with Crippen molar-refractivity contribution in [2.75, 3.05) is 26.9 Å². The maximum atomic E-state index is 14.0. The van der Waals surface area contributed by atoms with Gasteiger partial charge in [-0.25, -0.2) is 19.2 Å². The quantitative estimate of drug-likeness (QED) is 0.0583. The third kappa shape index (κ3) is 10.9. The van der Waals surface area contributed by atoms with E-state index in [4.69, 9.17) is 52.1 Å². The molecule has 0 amide bonds. The maximum absolute atomic E-state index is 14.0. The van der Waals surface area contributed by atoms with Crippen LogP contribution in [0.15, 0.2) is 164 Å². The molecular formula is C51H48O15. The maximum Gasteiger partial charge on any atom is 0.338 e. The molecule has 15 heteroatoms. The lowest BCUT2D eigenvalue weighted by atomic mass is 9.96. The van der Waals surface area contributed by atoms with Crippen molar-refractivity contribution in [1.82, 2.24) is 0 Å². The molecule has 5 aromatic carbocycles. The molecule has 66 heavy (non-hydrogen) atoms. The predicted molar refractivity (Wildman–Crippen MR) is 233 cm³/mol. The second-order valence-electron chi connectivity index (χ2n) is 15.4. The Bertz CT molecular complexity index is 2370. The number of rotatable bonds is 16. The molecule has 0 bridgehead atoms. The van der Waals surface area contributed by atoms with Gasteiger partial charge in [-0.1, -0.05) is 109 Å². The van der Waals surface area contributed by atoms with Crippen molar-refractivity contribution in [1.29, 1.82) is 0 Å². The van der Waals surface area contributed by atoms with E-state index in [-0.39, 0.29) is 35.5 Å². The first-order valence-electron chi connectivity index (χ1n) is 21.3. The number of carbonyl (C=O) groups is 4. The van der Waals surface area contributed by atoms with Gasteiger partial charge >= 0.3 is 23.9 Å². The molecule has 0 spiro atoms. The minimum Gasteiger partial charge on any atom is -0.452 e. The minimum atomic E-state index is -1.55. The summed E-state index contributed by atoms with van der Waals surface area (Å²) in [6, 6.07) is 42.1. The molecule has 0 aliphatic carbocycles. The molecule has 8 rings (SSSR count). The highest BCUT2D eigenvalue weighted by molar-refractivity contribution is 5.91. The van der Waals surface area contributed by atoms with E-state index in [1.165, 1.54) is 7.11 Å². The van der Waals surface area contributed by atoms with Crippen molar-refractivity contribution < 1.29 is 71.3 Å². The molecule has 3 aliphatic rings. The van der Waals surface area contributed by atoms with Crippen LogP contribution in [0.2, 0.25) is 0 Å².